The lowest BCUT2D eigenvalue weighted by Gasteiger charge is -2.24. The zero-order chi connectivity index (χ0) is 16.5. The smallest absolute Gasteiger partial charge is 0.258 e. The first kappa shape index (κ1) is 15.0. The largest absolute Gasteiger partial charge is 0.309 e. The summed E-state index contributed by atoms with van der Waals surface area (Å²) in [6, 6.07) is 14.3. The summed E-state index contributed by atoms with van der Waals surface area (Å²) in [4.78, 5) is 21.9. The molecule has 0 unspecified atom stereocenters. The molecule has 0 radical (unpaired) electrons. The van der Waals surface area contributed by atoms with Crippen LogP contribution in [0.5, 0.6) is 0 Å². The number of hydrogen-bond donors (Lipinski definition) is 1. The Bertz CT molecular complexity index is 937. The highest BCUT2D eigenvalue weighted by molar-refractivity contribution is 5.77. The molecule has 3 aromatic rings. The first-order valence-electron chi connectivity index (χ1n) is 8.18. The predicted molar refractivity (Wildman–Crippen MR) is 91.1 cm³/mol. The van der Waals surface area contributed by atoms with Gasteiger partial charge in [-0.3, -0.25) is 9.69 Å². The Labute approximate surface area is 139 Å². The number of nitrogens with zero attached hydrogens (tertiary/aromatic N) is 2. The highest BCUT2D eigenvalue weighted by atomic mass is 19.1. The number of aromatic nitrogens is 2. The van der Waals surface area contributed by atoms with Crippen LogP contribution in [0.3, 0.4) is 0 Å². The SMILES string of the molecule is O=c1[nH]c(CN2CCC[C@H]2c2cccc(F)c2)nc2ccccc12. The van der Waals surface area contributed by atoms with E-state index >= 15 is 0 Å². The van der Waals surface area contributed by atoms with Crippen LogP contribution in [0.25, 0.3) is 10.9 Å². The Kier molecular flexibility index (Phi) is 3.86. The molecule has 1 fully saturated rings. The van der Waals surface area contributed by atoms with Gasteiger partial charge < -0.3 is 4.98 Å². The summed E-state index contributed by atoms with van der Waals surface area (Å²) in [5.74, 6) is 0.443. The average Bonchev–Trinajstić information content (AvgIpc) is 3.03. The summed E-state index contributed by atoms with van der Waals surface area (Å²) >= 11 is 0. The van der Waals surface area contributed by atoms with Crippen molar-refractivity contribution in [1.29, 1.82) is 0 Å². The fraction of sp³-hybridized carbons (Fsp3) is 0.263. The fourth-order valence-electron chi connectivity index (χ4n) is 3.51. The number of para-hydroxylation sites is 1. The van der Waals surface area contributed by atoms with Crippen molar-refractivity contribution in [2.45, 2.75) is 25.4 Å². The second-order valence-corrected chi connectivity index (χ2v) is 6.21. The van der Waals surface area contributed by atoms with E-state index in [9.17, 15) is 9.18 Å². The quantitative estimate of drug-likeness (QED) is 0.804. The van der Waals surface area contributed by atoms with Crippen molar-refractivity contribution in [3.8, 4) is 0 Å². The number of hydrogen-bond acceptors (Lipinski definition) is 3. The van der Waals surface area contributed by atoms with Crippen LogP contribution in [-0.2, 0) is 6.54 Å². The van der Waals surface area contributed by atoms with Gasteiger partial charge in [0.1, 0.15) is 11.6 Å². The molecule has 5 heteroatoms. The molecule has 1 aromatic heterocycles. The van der Waals surface area contributed by atoms with Crippen LogP contribution in [-0.4, -0.2) is 21.4 Å². The van der Waals surface area contributed by atoms with Crippen molar-refractivity contribution >= 4 is 10.9 Å². The molecule has 24 heavy (non-hydrogen) atoms. The number of fused-ring (bicyclic) bond motifs is 1. The van der Waals surface area contributed by atoms with E-state index in [1.807, 2.05) is 24.3 Å². The summed E-state index contributed by atoms with van der Waals surface area (Å²) in [6.07, 6.45) is 2.04. The molecular formula is C19H18FN3O. The molecule has 0 aliphatic carbocycles. The van der Waals surface area contributed by atoms with Gasteiger partial charge in [-0.1, -0.05) is 24.3 Å². The van der Waals surface area contributed by atoms with Crippen LogP contribution < -0.4 is 5.56 Å². The molecular weight excluding hydrogens is 305 g/mol. The van der Waals surface area contributed by atoms with Gasteiger partial charge in [0.25, 0.3) is 5.56 Å². The van der Waals surface area contributed by atoms with Gasteiger partial charge >= 0.3 is 0 Å². The van der Waals surface area contributed by atoms with Gasteiger partial charge in [0.15, 0.2) is 0 Å². The molecule has 1 N–H and O–H groups in total. The van der Waals surface area contributed by atoms with Gasteiger partial charge in [-0.2, -0.15) is 0 Å². The van der Waals surface area contributed by atoms with E-state index in [1.54, 1.807) is 18.2 Å². The molecule has 1 aliphatic rings. The van der Waals surface area contributed by atoms with E-state index in [4.69, 9.17) is 0 Å². The monoisotopic (exact) mass is 323 g/mol. The number of H-pyrrole nitrogens is 1. The van der Waals surface area contributed by atoms with E-state index in [2.05, 4.69) is 14.9 Å². The van der Waals surface area contributed by atoms with Gasteiger partial charge in [0, 0.05) is 6.04 Å². The van der Waals surface area contributed by atoms with E-state index in [-0.39, 0.29) is 17.4 Å². The average molecular weight is 323 g/mol. The van der Waals surface area contributed by atoms with Crippen LogP contribution in [0.4, 0.5) is 4.39 Å². The lowest BCUT2D eigenvalue weighted by molar-refractivity contribution is 0.242. The van der Waals surface area contributed by atoms with E-state index in [1.165, 1.54) is 6.07 Å². The van der Waals surface area contributed by atoms with Crippen LogP contribution in [0.1, 0.15) is 30.3 Å². The minimum absolute atomic E-state index is 0.114. The highest BCUT2D eigenvalue weighted by Crippen LogP contribution is 2.32. The van der Waals surface area contributed by atoms with Crippen LogP contribution in [0, 0.1) is 5.82 Å². The van der Waals surface area contributed by atoms with Crippen molar-refractivity contribution in [2.75, 3.05) is 6.54 Å². The van der Waals surface area contributed by atoms with Crippen molar-refractivity contribution in [3.63, 3.8) is 0 Å². The number of halogens is 1. The van der Waals surface area contributed by atoms with Gasteiger partial charge in [-0.25, -0.2) is 9.37 Å². The van der Waals surface area contributed by atoms with Crippen molar-refractivity contribution in [2.24, 2.45) is 0 Å². The molecule has 0 spiro atoms. The molecule has 0 saturated carbocycles. The first-order valence-corrected chi connectivity index (χ1v) is 8.18. The summed E-state index contributed by atoms with van der Waals surface area (Å²) < 4.78 is 13.5. The molecule has 0 amide bonds. The Hall–Kier alpha value is -2.53. The molecule has 0 bridgehead atoms. The third-order valence-corrected chi connectivity index (χ3v) is 4.61. The van der Waals surface area contributed by atoms with Gasteiger partial charge in [-0.15, -0.1) is 0 Å². The zero-order valence-electron chi connectivity index (χ0n) is 13.2. The summed E-state index contributed by atoms with van der Waals surface area (Å²) in [5, 5.41) is 0.601. The van der Waals surface area contributed by atoms with Crippen molar-refractivity contribution in [3.05, 3.63) is 76.1 Å². The van der Waals surface area contributed by atoms with Crippen molar-refractivity contribution in [1.82, 2.24) is 14.9 Å². The Balaban J connectivity index is 1.63. The van der Waals surface area contributed by atoms with Gasteiger partial charge in [0.05, 0.1) is 17.4 Å². The number of nitrogens with one attached hydrogen (secondary N) is 1. The summed E-state index contributed by atoms with van der Waals surface area (Å²) in [5.41, 5.74) is 1.57. The lowest BCUT2D eigenvalue weighted by atomic mass is 10.0. The van der Waals surface area contributed by atoms with E-state index < -0.39 is 0 Å². The Morgan fingerprint density at radius 3 is 2.96 bits per heavy atom. The number of aromatic amines is 1. The minimum Gasteiger partial charge on any atom is -0.309 e. The molecule has 1 saturated heterocycles. The second kappa shape index (κ2) is 6.17. The third-order valence-electron chi connectivity index (χ3n) is 4.61. The fourth-order valence-corrected chi connectivity index (χ4v) is 3.51. The number of rotatable bonds is 3. The molecule has 2 heterocycles. The normalized spacial score (nSPS) is 18.3. The summed E-state index contributed by atoms with van der Waals surface area (Å²) in [7, 11) is 0. The van der Waals surface area contributed by atoms with Crippen LogP contribution in [0.15, 0.2) is 53.3 Å². The zero-order valence-corrected chi connectivity index (χ0v) is 13.2. The lowest BCUT2D eigenvalue weighted by Crippen LogP contribution is -2.25. The maximum absolute atomic E-state index is 13.5. The number of likely N-dealkylation sites (tertiary alicyclic amines) is 1. The highest BCUT2D eigenvalue weighted by Gasteiger charge is 2.26. The standard InChI is InChI=1S/C19H18FN3O/c20-14-6-3-5-13(11-14)17-9-4-10-23(17)12-18-21-16-8-2-1-7-15(16)19(24)22-18/h1-3,5-8,11,17H,4,9-10,12H2,(H,21,22,24)/t17-/m0/s1. The third kappa shape index (κ3) is 2.83. The molecule has 122 valence electrons. The maximum atomic E-state index is 13.5. The van der Waals surface area contributed by atoms with Gasteiger partial charge in [0.2, 0.25) is 0 Å². The van der Waals surface area contributed by atoms with E-state index in [0.29, 0.717) is 23.3 Å². The molecule has 2 aromatic carbocycles. The molecule has 1 atom stereocenters. The maximum Gasteiger partial charge on any atom is 0.258 e. The van der Waals surface area contributed by atoms with Gasteiger partial charge in [-0.05, 0) is 49.2 Å². The van der Waals surface area contributed by atoms with Crippen molar-refractivity contribution < 1.29 is 4.39 Å². The van der Waals surface area contributed by atoms with Crippen LogP contribution >= 0.6 is 0 Å². The topological polar surface area (TPSA) is 49.0 Å². The predicted octanol–water partition coefficient (Wildman–Crippen LogP) is 3.40. The molecule has 4 nitrogen and oxygen atoms in total. The summed E-state index contributed by atoms with van der Waals surface area (Å²) in [6.45, 7) is 1.47. The first-order chi connectivity index (χ1) is 11.7. The minimum atomic E-state index is -0.211. The number of benzene rings is 2. The molecule has 1 aliphatic heterocycles. The van der Waals surface area contributed by atoms with E-state index in [0.717, 1.165) is 24.9 Å². The van der Waals surface area contributed by atoms with Crippen LogP contribution in [0.2, 0.25) is 0 Å². The Morgan fingerprint density at radius 1 is 1.21 bits per heavy atom. The second-order valence-electron chi connectivity index (χ2n) is 6.21. The Morgan fingerprint density at radius 2 is 2.08 bits per heavy atom. The molecule has 4 rings (SSSR count).